The first-order chi connectivity index (χ1) is 6.65. The second-order valence-corrected chi connectivity index (χ2v) is 2.97. The van der Waals surface area contributed by atoms with E-state index in [9.17, 15) is 4.79 Å². The molecule has 0 radical (unpaired) electrons. The minimum absolute atomic E-state index is 0.140. The normalized spacial score (nSPS) is 9.64. The Balaban J connectivity index is 2.98. The van der Waals surface area contributed by atoms with E-state index in [1.165, 1.54) is 14.0 Å². The van der Waals surface area contributed by atoms with Gasteiger partial charge >= 0.3 is 0 Å². The van der Waals surface area contributed by atoms with E-state index in [0.717, 1.165) is 0 Å². The van der Waals surface area contributed by atoms with Crippen LogP contribution in [0.25, 0.3) is 0 Å². The van der Waals surface area contributed by atoms with Crippen molar-refractivity contribution >= 4 is 23.2 Å². The molecule has 0 spiro atoms. The number of ether oxygens (including phenoxy) is 1. The lowest BCUT2D eigenvalue weighted by Gasteiger charge is -2.06. The van der Waals surface area contributed by atoms with Gasteiger partial charge in [-0.2, -0.15) is 0 Å². The second-order valence-electron chi connectivity index (χ2n) is 2.70. The smallest absolute Gasteiger partial charge is 0.221 e. The average Bonchev–Trinajstić information content (AvgIpc) is 2.16. The van der Waals surface area contributed by atoms with Gasteiger partial charge < -0.3 is 10.1 Å². The van der Waals surface area contributed by atoms with Gasteiger partial charge in [0.1, 0.15) is 0 Å². The Kier molecular flexibility index (Phi) is 3.71. The highest BCUT2D eigenvalue weighted by atomic mass is 35.5. The molecular weight excluding hydrogens is 204 g/mol. The molecular formula is C9H11ClN2O2. The minimum atomic E-state index is -0.140. The number of anilines is 1. The number of aromatic nitrogens is 1. The molecule has 14 heavy (non-hydrogen) atoms. The fourth-order valence-electron chi connectivity index (χ4n) is 1.01. The quantitative estimate of drug-likeness (QED) is 0.781. The van der Waals surface area contributed by atoms with E-state index in [2.05, 4.69) is 10.3 Å². The van der Waals surface area contributed by atoms with Crippen LogP contribution in [0, 0.1) is 0 Å². The topological polar surface area (TPSA) is 51.2 Å². The van der Waals surface area contributed by atoms with Crippen molar-refractivity contribution in [1.29, 1.82) is 0 Å². The fourth-order valence-corrected chi connectivity index (χ4v) is 1.15. The van der Waals surface area contributed by atoms with E-state index in [1.807, 2.05) is 0 Å². The molecule has 76 valence electrons. The average molecular weight is 215 g/mol. The summed E-state index contributed by atoms with van der Waals surface area (Å²) >= 11 is 5.63. The van der Waals surface area contributed by atoms with Crippen LogP contribution >= 0.6 is 11.6 Å². The Morgan fingerprint density at radius 1 is 1.64 bits per heavy atom. The van der Waals surface area contributed by atoms with Crippen molar-refractivity contribution in [2.24, 2.45) is 0 Å². The van der Waals surface area contributed by atoms with E-state index in [-0.39, 0.29) is 11.8 Å². The molecule has 1 heterocycles. The number of nitrogens with zero attached hydrogens (tertiary/aromatic N) is 1. The van der Waals surface area contributed by atoms with Crippen LogP contribution in [0.15, 0.2) is 12.1 Å². The third kappa shape index (κ3) is 2.88. The molecule has 5 heteroatoms. The Morgan fingerprint density at radius 3 is 2.86 bits per heavy atom. The number of pyridine rings is 1. The zero-order chi connectivity index (χ0) is 10.6. The molecule has 0 saturated carbocycles. The van der Waals surface area contributed by atoms with Crippen LogP contribution in [0.5, 0.6) is 5.88 Å². The van der Waals surface area contributed by atoms with Gasteiger partial charge in [-0.1, -0.05) is 0 Å². The lowest BCUT2D eigenvalue weighted by Crippen LogP contribution is -2.06. The molecule has 0 aliphatic rings. The van der Waals surface area contributed by atoms with Gasteiger partial charge in [-0.05, 0) is 6.07 Å². The van der Waals surface area contributed by atoms with Crippen LogP contribution in [0.4, 0.5) is 5.69 Å². The number of carbonyl (C=O) groups is 1. The molecule has 0 unspecified atom stereocenters. The first-order valence-electron chi connectivity index (χ1n) is 4.04. The minimum Gasteiger partial charge on any atom is -0.481 e. The number of halogens is 1. The Hall–Kier alpha value is -1.29. The molecule has 4 nitrogen and oxygen atoms in total. The van der Waals surface area contributed by atoms with Crippen molar-refractivity contribution in [3.8, 4) is 5.88 Å². The van der Waals surface area contributed by atoms with Crippen molar-refractivity contribution in [3.63, 3.8) is 0 Å². The van der Waals surface area contributed by atoms with Gasteiger partial charge in [0.2, 0.25) is 11.8 Å². The summed E-state index contributed by atoms with van der Waals surface area (Å²) in [7, 11) is 1.51. The molecule has 1 rings (SSSR count). The van der Waals surface area contributed by atoms with Crippen LogP contribution < -0.4 is 10.1 Å². The van der Waals surface area contributed by atoms with Crippen molar-refractivity contribution in [3.05, 3.63) is 17.8 Å². The van der Waals surface area contributed by atoms with Gasteiger partial charge in [-0.25, -0.2) is 4.98 Å². The van der Waals surface area contributed by atoms with Crippen molar-refractivity contribution in [1.82, 2.24) is 4.98 Å². The third-order valence-electron chi connectivity index (χ3n) is 1.52. The van der Waals surface area contributed by atoms with Crippen LogP contribution in [0.2, 0.25) is 0 Å². The van der Waals surface area contributed by atoms with E-state index < -0.39 is 0 Å². The van der Waals surface area contributed by atoms with Crippen LogP contribution in [-0.4, -0.2) is 18.0 Å². The van der Waals surface area contributed by atoms with Gasteiger partial charge in [0.05, 0.1) is 18.7 Å². The highest BCUT2D eigenvalue weighted by Crippen LogP contribution is 2.17. The molecule has 0 bridgehead atoms. The highest BCUT2D eigenvalue weighted by Gasteiger charge is 2.03. The maximum absolute atomic E-state index is 10.8. The number of amides is 1. The van der Waals surface area contributed by atoms with Gasteiger partial charge in [0.25, 0.3) is 0 Å². The summed E-state index contributed by atoms with van der Waals surface area (Å²) in [5, 5.41) is 2.64. The summed E-state index contributed by atoms with van der Waals surface area (Å²) < 4.78 is 4.96. The number of rotatable bonds is 3. The Bertz CT molecular complexity index is 319. The van der Waals surface area contributed by atoms with Crippen molar-refractivity contribution in [2.45, 2.75) is 12.8 Å². The third-order valence-corrected chi connectivity index (χ3v) is 1.80. The van der Waals surface area contributed by atoms with E-state index in [0.29, 0.717) is 17.3 Å². The largest absolute Gasteiger partial charge is 0.481 e. The van der Waals surface area contributed by atoms with Crippen molar-refractivity contribution in [2.75, 3.05) is 12.4 Å². The molecule has 0 aliphatic carbocycles. The maximum Gasteiger partial charge on any atom is 0.221 e. The summed E-state index contributed by atoms with van der Waals surface area (Å²) in [6.07, 6.45) is 0. The summed E-state index contributed by atoms with van der Waals surface area (Å²) in [6, 6.07) is 3.34. The van der Waals surface area contributed by atoms with Crippen LogP contribution in [-0.2, 0) is 10.7 Å². The Labute approximate surface area is 87.2 Å². The first kappa shape index (κ1) is 10.8. The lowest BCUT2D eigenvalue weighted by molar-refractivity contribution is -0.114. The van der Waals surface area contributed by atoms with Crippen LogP contribution in [0.1, 0.15) is 12.6 Å². The molecule has 0 saturated heterocycles. The highest BCUT2D eigenvalue weighted by molar-refractivity contribution is 6.16. The number of methoxy groups -OCH3 is 1. The molecule has 1 N–H and O–H groups in total. The van der Waals surface area contributed by atoms with Gasteiger partial charge in [-0.3, -0.25) is 4.79 Å². The molecule has 1 aromatic rings. The molecule has 0 atom stereocenters. The number of hydrogen-bond donors (Lipinski definition) is 1. The number of alkyl halides is 1. The number of carbonyl (C=O) groups excluding carboxylic acids is 1. The predicted octanol–water partition coefficient (Wildman–Crippen LogP) is 1.79. The molecule has 0 fully saturated rings. The molecule has 0 aromatic carbocycles. The number of nitrogens with one attached hydrogen (secondary N) is 1. The summed E-state index contributed by atoms with van der Waals surface area (Å²) in [4.78, 5) is 14.9. The van der Waals surface area contributed by atoms with Crippen LogP contribution in [0.3, 0.4) is 0 Å². The van der Waals surface area contributed by atoms with Gasteiger partial charge in [-0.15, -0.1) is 11.6 Å². The first-order valence-corrected chi connectivity index (χ1v) is 4.57. The zero-order valence-electron chi connectivity index (χ0n) is 8.00. The van der Waals surface area contributed by atoms with Gasteiger partial charge in [0, 0.05) is 18.7 Å². The second kappa shape index (κ2) is 4.81. The van der Waals surface area contributed by atoms with Crippen molar-refractivity contribution < 1.29 is 9.53 Å². The zero-order valence-corrected chi connectivity index (χ0v) is 8.76. The fraction of sp³-hybridized carbons (Fsp3) is 0.333. The maximum atomic E-state index is 10.8. The summed E-state index contributed by atoms with van der Waals surface area (Å²) in [5.41, 5.74) is 1.30. The van der Waals surface area contributed by atoms with E-state index in [4.69, 9.17) is 16.3 Å². The molecule has 0 aliphatic heterocycles. The lowest BCUT2D eigenvalue weighted by atomic mass is 10.3. The van der Waals surface area contributed by atoms with E-state index in [1.54, 1.807) is 12.1 Å². The number of hydrogen-bond acceptors (Lipinski definition) is 3. The summed E-state index contributed by atoms with van der Waals surface area (Å²) in [6.45, 7) is 1.44. The summed E-state index contributed by atoms with van der Waals surface area (Å²) in [5.74, 6) is 0.578. The Morgan fingerprint density at radius 2 is 2.36 bits per heavy atom. The molecule has 1 amide bonds. The molecule has 1 aromatic heterocycles. The SMILES string of the molecule is COc1cc(NC(C)=O)cc(CCl)n1. The predicted molar refractivity (Wildman–Crippen MR) is 54.6 cm³/mol. The standard InChI is InChI=1S/C9H11ClN2O2/c1-6(13)11-7-3-8(5-10)12-9(4-7)14-2/h3-4H,5H2,1-2H3,(H,11,12,13). The monoisotopic (exact) mass is 214 g/mol. The van der Waals surface area contributed by atoms with Gasteiger partial charge in [0.15, 0.2) is 0 Å². The van der Waals surface area contributed by atoms with E-state index >= 15 is 0 Å².